The second-order valence-corrected chi connectivity index (χ2v) is 6.19. The molecule has 3 unspecified atom stereocenters. The third kappa shape index (κ3) is 2.07. The lowest BCUT2D eigenvalue weighted by molar-refractivity contribution is 0.00331. The van der Waals surface area contributed by atoms with Gasteiger partial charge in [0.1, 0.15) is 0 Å². The van der Waals surface area contributed by atoms with Crippen LogP contribution in [-0.4, -0.2) is 37.2 Å². The standard InChI is InChI=1S/C13H25NO/c1-5-14-8-10-6-7-15-9-11(10)12(14)13(2,3)4/h10-12H,5-9H2,1-4H3. The van der Waals surface area contributed by atoms with Crippen molar-refractivity contribution in [3.8, 4) is 0 Å². The van der Waals surface area contributed by atoms with Gasteiger partial charge in [0.25, 0.3) is 0 Å². The summed E-state index contributed by atoms with van der Waals surface area (Å²) in [6.45, 7) is 13.9. The van der Waals surface area contributed by atoms with Crippen molar-refractivity contribution in [2.45, 2.75) is 40.2 Å². The van der Waals surface area contributed by atoms with Crippen LogP contribution in [0.5, 0.6) is 0 Å². The van der Waals surface area contributed by atoms with Gasteiger partial charge in [0.2, 0.25) is 0 Å². The maximum Gasteiger partial charge on any atom is 0.0512 e. The van der Waals surface area contributed by atoms with Crippen LogP contribution < -0.4 is 0 Å². The van der Waals surface area contributed by atoms with E-state index in [4.69, 9.17) is 4.74 Å². The van der Waals surface area contributed by atoms with Crippen LogP contribution in [0.2, 0.25) is 0 Å². The van der Waals surface area contributed by atoms with E-state index in [1.165, 1.54) is 19.5 Å². The van der Waals surface area contributed by atoms with Crippen molar-refractivity contribution < 1.29 is 4.74 Å². The number of rotatable bonds is 1. The van der Waals surface area contributed by atoms with Crippen LogP contribution in [0, 0.1) is 17.3 Å². The van der Waals surface area contributed by atoms with Gasteiger partial charge >= 0.3 is 0 Å². The Bertz CT molecular complexity index is 221. The molecule has 2 rings (SSSR count). The number of ether oxygens (including phenoxy) is 1. The predicted octanol–water partition coefficient (Wildman–Crippen LogP) is 2.39. The normalized spacial score (nSPS) is 38.0. The SMILES string of the molecule is CCN1CC2CCOCC2C1C(C)(C)C. The Hall–Kier alpha value is -0.0800. The molecule has 0 bridgehead atoms. The van der Waals surface area contributed by atoms with E-state index in [1.54, 1.807) is 0 Å². The molecule has 0 aromatic heterocycles. The first-order valence-corrected chi connectivity index (χ1v) is 6.36. The Kier molecular flexibility index (Phi) is 3.09. The molecular weight excluding hydrogens is 186 g/mol. The number of fused-ring (bicyclic) bond motifs is 1. The molecule has 2 aliphatic heterocycles. The van der Waals surface area contributed by atoms with E-state index in [1.807, 2.05) is 0 Å². The van der Waals surface area contributed by atoms with Crippen molar-refractivity contribution in [1.82, 2.24) is 4.90 Å². The Morgan fingerprint density at radius 1 is 1.33 bits per heavy atom. The van der Waals surface area contributed by atoms with E-state index in [9.17, 15) is 0 Å². The number of nitrogens with zero attached hydrogens (tertiary/aromatic N) is 1. The smallest absolute Gasteiger partial charge is 0.0512 e. The van der Waals surface area contributed by atoms with Gasteiger partial charge in [0, 0.05) is 25.1 Å². The fourth-order valence-electron chi connectivity index (χ4n) is 3.58. The van der Waals surface area contributed by atoms with Crippen molar-refractivity contribution in [2.75, 3.05) is 26.3 Å². The molecule has 0 aromatic rings. The summed E-state index contributed by atoms with van der Waals surface area (Å²) in [4.78, 5) is 2.67. The van der Waals surface area contributed by atoms with Gasteiger partial charge in [0.05, 0.1) is 6.61 Å². The summed E-state index contributed by atoms with van der Waals surface area (Å²) >= 11 is 0. The molecule has 0 N–H and O–H groups in total. The van der Waals surface area contributed by atoms with Crippen molar-refractivity contribution in [1.29, 1.82) is 0 Å². The summed E-state index contributed by atoms with van der Waals surface area (Å²) in [5.41, 5.74) is 0.385. The van der Waals surface area contributed by atoms with Gasteiger partial charge in [-0.1, -0.05) is 27.7 Å². The summed E-state index contributed by atoms with van der Waals surface area (Å²) < 4.78 is 5.67. The largest absolute Gasteiger partial charge is 0.381 e. The van der Waals surface area contributed by atoms with Crippen molar-refractivity contribution >= 4 is 0 Å². The number of hydrogen-bond donors (Lipinski definition) is 0. The average Bonchev–Trinajstić information content (AvgIpc) is 2.54. The molecule has 2 heterocycles. The van der Waals surface area contributed by atoms with Crippen LogP contribution in [0.1, 0.15) is 34.1 Å². The lowest BCUT2D eigenvalue weighted by Crippen LogP contribution is -2.44. The number of hydrogen-bond acceptors (Lipinski definition) is 2. The van der Waals surface area contributed by atoms with E-state index < -0.39 is 0 Å². The number of likely N-dealkylation sites (tertiary alicyclic amines) is 1. The summed E-state index contributed by atoms with van der Waals surface area (Å²) in [6.07, 6.45) is 1.27. The molecule has 2 saturated heterocycles. The third-order valence-corrected chi connectivity index (χ3v) is 4.11. The highest BCUT2D eigenvalue weighted by molar-refractivity contribution is 4.99. The van der Waals surface area contributed by atoms with Gasteiger partial charge in [0.15, 0.2) is 0 Å². The van der Waals surface area contributed by atoms with Gasteiger partial charge in [-0.25, -0.2) is 0 Å². The Morgan fingerprint density at radius 3 is 2.67 bits per heavy atom. The predicted molar refractivity (Wildman–Crippen MR) is 62.9 cm³/mol. The Morgan fingerprint density at radius 2 is 2.07 bits per heavy atom. The zero-order chi connectivity index (χ0) is 11.1. The molecule has 0 amide bonds. The van der Waals surface area contributed by atoms with E-state index in [2.05, 4.69) is 32.6 Å². The van der Waals surface area contributed by atoms with Crippen LogP contribution >= 0.6 is 0 Å². The van der Waals surface area contributed by atoms with Crippen molar-refractivity contribution in [2.24, 2.45) is 17.3 Å². The van der Waals surface area contributed by atoms with Crippen molar-refractivity contribution in [3.05, 3.63) is 0 Å². The molecule has 3 atom stereocenters. The fraction of sp³-hybridized carbons (Fsp3) is 1.00. The average molecular weight is 211 g/mol. The maximum absolute atomic E-state index is 5.67. The van der Waals surface area contributed by atoms with Gasteiger partial charge in [-0.3, -0.25) is 4.90 Å². The van der Waals surface area contributed by atoms with Gasteiger partial charge in [-0.2, -0.15) is 0 Å². The highest BCUT2D eigenvalue weighted by Gasteiger charge is 2.47. The highest BCUT2D eigenvalue weighted by atomic mass is 16.5. The van der Waals surface area contributed by atoms with Crippen LogP contribution in [0.15, 0.2) is 0 Å². The molecule has 0 aromatic carbocycles. The third-order valence-electron chi connectivity index (χ3n) is 4.11. The van der Waals surface area contributed by atoms with Crippen molar-refractivity contribution in [3.63, 3.8) is 0 Å². The van der Waals surface area contributed by atoms with E-state index >= 15 is 0 Å². The fourth-order valence-corrected chi connectivity index (χ4v) is 3.58. The molecule has 0 aliphatic carbocycles. The molecular formula is C13H25NO. The van der Waals surface area contributed by atoms with Gasteiger partial charge in [-0.15, -0.1) is 0 Å². The van der Waals surface area contributed by atoms with Crippen LogP contribution in [-0.2, 0) is 4.74 Å². The second-order valence-electron chi connectivity index (χ2n) is 6.19. The van der Waals surface area contributed by atoms with E-state index in [0.29, 0.717) is 11.5 Å². The van der Waals surface area contributed by atoms with E-state index in [-0.39, 0.29) is 0 Å². The van der Waals surface area contributed by atoms with Crippen LogP contribution in [0.3, 0.4) is 0 Å². The lowest BCUT2D eigenvalue weighted by atomic mass is 9.75. The molecule has 2 aliphatic rings. The molecule has 0 radical (unpaired) electrons. The van der Waals surface area contributed by atoms with E-state index in [0.717, 1.165) is 25.0 Å². The highest BCUT2D eigenvalue weighted by Crippen LogP contribution is 2.42. The molecule has 0 saturated carbocycles. The first-order valence-electron chi connectivity index (χ1n) is 6.36. The minimum absolute atomic E-state index is 0.385. The minimum atomic E-state index is 0.385. The quantitative estimate of drug-likeness (QED) is 0.660. The van der Waals surface area contributed by atoms with Crippen LogP contribution in [0.4, 0.5) is 0 Å². The summed E-state index contributed by atoms with van der Waals surface area (Å²) in [5.74, 6) is 1.67. The maximum atomic E-state index is 5.67. The Balaban J connectivity index is 2.17. The van der Waals surface area contributed by atoms with Gasteiger partial charge < -0.3 is 4.74 Å². The summed E-state index contributed by atoms with van der Waals surface area (Å²) in [6, 6.07) is 0.716. The monoisotopic (exact) mass is 211 g/mol. The molecule has 88 valence electrons. The Labute approximate surface area is 94.0 Å². The molecule has 2 nitrogen and oxygen atoms in total. The molecule has 2 heteroatoms. The summed E-state index contributed by atoms with van der Waals surface area (Å²) in [7, 11) is 0. The molecule has 2 fully saturated rings. The van der Waals surface area contributed by atoms with Crippen LogP contribution in [0.25, 0.3) is 0 Å². The zero-order valence-corrected chi connectivity index (χ0v) is 10.6. The topological polar surface area (TPSA) is 12.5 Å². The summed E-state index contributed by atoms with van der Waals surface area (Å²) in [5, 5.41) is 0. The first kappa shape index (κ1) is 11.4. The molecule has 15 heavy (non-hydrogen) atoms. The first-order chi connectivity index (χ1) is 7.04. The lowest BCUT2D eigenvalue weighted by Gasteiger charge is -2.39. The zero-order valence-electron chi connectivity index (χ0n) is 10.6. The minimum Gasteiger partial charge on any atom is -0.381 e. The second kappa shape index (κ2) is 4.06. The van der Waals surface area contributed by atoms with Gasteiger partial charge in [-0.05, 0) is 24.3 Å². The molecule has 0 spiro atoms.